The molecule has 2 aromatic carbocycles. The number of nitrogens with one attached hydrogen (secondary N) is 2. The molecule has 15 heteroatoms. The molecule has 5 heterocycles. The van der Waals surface area contributed by atoms with Gasteiger partial charge < -0.3 is 25.4 Å². The van der Waals surface area contributed by atoms with Gasteiger partial charge in [-0.25, -0.2) is 24.5 Å². The molecule has 2 atom stereocenters. The maximum absolute atomic E-state index is 13.3. The van der Waals surface area contributed by atoms with Crippen LogP contribution in [0.25, 0.3) is 33.4 Å². The summed E-state index contributed by atoms with van der Waals surface area (Å²) in [5.74, 6) is 1.31. The van der Waals surface area contributed by atoms with Gasteiger partial charge in [0.05, 0.1) is 30.0 Å². The van der Waals surface area contributed by atoms with Crippen molar-refractivity contribution in [2.45, 2.75) is 51.1 Å². The number of aromatic nitrogens is 5. The van der Waals surface area contributed by atoms with E-state index >= 15 is 0 Å². The third-order valence-corrected chi connectivity index (χ3v) is 12.0. The first-order chi connectivity index (χ1) is 26.4. The van der Waals surface area contributed by atoms with Gasteiger partial charge in [0.2, 0.25) is 5.88 Å². The van der Waals surface area contributed by atoms with E-state index in [1.807, 2.05) is 43.3 Å². The average molecular weight is 766 g/mol. The molecule has 0 unspecified atom stereocenters. The van der Waals surface area contributed by atoms with Gasteiger partial charge in [0.15, 0.2) is 5.65 Å². The number of urea groups is 1. The minimum atomic E-state index is -0.484. The second-order valence-electron chi connectivity index (χ2n) is 14.8. The number of benzene rings is 2. The van der Waals surface area contributed by atoms with Crippen LogP contribution in [-0.2, 0) is 20.5 Å². The van der Waals surface area contributed by atoms with Crippen LogP contribution in [0.3, 0.4) is 0 Å². The number of aryl methyl sites for hydroxylation is 3. The van der Waals surface area contributed by atoms with Gasteiger partial charge in [-0.15, -0.1) is 0 Å². The van der Waals surface area contributed by atoms with E-state index in [0.717, 1.165) is 82.5 Å². The zero-order valence-electron chi connectivity index (χ0n) is 31.6. The zero-order valence-corrected chi connectivity index (χ0v) is 32.3. The lowest BCUT2D eigenvalue weighted by atomic mass is 9.92. The molecule has 0 bridgehead atoms. The Hall–Kier alpha value is -5.31. The van der Waals surface area contributed by atoms with E-state index in [1.54, 1.807) is 26.0 Å². The predicted molar refractivity (Wildman–Crippen MR) is 211 cm³/mol. The number of anilines is 2. The van der Waals surface area contributed by atoms with E-state index in [4.69, 9.17) is 21.3 Å². The van der Waals surface area contributed by atoms with E-state index < -0.39 is 11.2 Å². The van der Waals surface area contributed by atoms with E-state index in [9.17, 15) is 19.5 Å². The minimum absolute atomic E-state index is 0.0434. The molecule has 3 N–H and O–H groups in total. The molecule has 2 fully saturated rings. The van der Waals surface area contributed by atoms with Crippen LogP contribution >= 0.6 is 11.6 Å². The van der Waals surface area contributed by atoms with Crippen molar-refractivity contribution < 1.29 is 14.6 Å². The summed E-state index contributed by atoms with van der Waals surface area (Å²) in [7, 11) is 4.68. The van der Waals surface area contributed by atoms with Crippen LogP contribution in [-0.4, -0.2) is 90.5 Å². The van der Waals surface area contributed by atoms with Gasteiger partial charge >= 0.3 is 11.7 Å². The number of halogens is 1. The zero-order chi connectivity index (χ0) is 38.8. The SMILES string of the molecule is COc1nc(-c2cccc(-c3cccc(Nc4nc(C)nc5c4c(=O)n(C)c(=O)n5C)c3C)c2Cl)cc2c1[C@H](N1CC[C@@]3(CCN(CCO)C(=O)N3)C1)CC2. The molecule has 5 aromatic rings. The Morgan fingerprint density at radius 2 is 1.75 bits per heavy atom. The maximum atomic E-state index is 13.3. The molecule has 1 spiro atoms. The van der Waals surface area contributed by atoms with Crippen molar-refractivity contribution >= 4 is 40.2 Å². The molecule has 0 radical (unpaired) electrons. The summed E-state index contributed by atoms with van der Waals surface area (Å²) in [5, 5.41) is 16.7. The number of carbonyl (C=O) groups excluding carboxylic acids is 1. The third kappa shape index (κ3) is 6.21. The molecule has 14 nitrogen and oxygen atoms in total. The number of ether oxygens (including phenoxy) is 1. The molecule has 2 amide bonds. The highest BCUT2D eigenvalue weighted by Crippen LogP contribution is 2.47. The lowest BCUT2D eigenvalue weighted by Gasteiger charge is -2.40. The van der Waals surface area contributed by atoms with Crippen LogP contribution in [0.1, 0.15) is 47.8 Å². The number of carbonyl (C=O) groups is 1. The van der Waals surface area contributed by atoms with Gasteiger partial charge in [0.25, 0.3) is 5.56 Å². The maximum Gasteiger partial charge on any atom is 0.332 e. The van der Waals surface area contributed by atoms with Gasteiger partial charge in [-0.2, -0.15) is 0 Å². The van der Waals surface area contributed by atoms with Crippen molar-refractivity contribution in [2.24, 2.45) is 14.1 Å². The molecule has 3 aromatic heterocycles. The predicted octanol–water partition coefficient (Wildman–Crippen LogP) is 4.62. The van der Waals surface area contributed by atoms with Gasteiger partial charge in [-0.3, -0.25) is 18.8 Å². The smallest absolute Gasteiger partial charge is 0.332 e. The molecule has 8 rings (SSSR count). The standard InChI is InChI=1S/C40H44ClN9O5/c1-22-25(8-7-11-28(22)44-34-32-35(43-23(2)42-34)47(3)39(54)48(4)37(32)52)26-9-6-10-27(33(26)41)29-20-24-12-13-30(31(24)36(45-29)55-5)50-17-15-40(21-50)14-16-49(18-19-51)38(53)46-40/h6-11,20,30,51H,12-19,21H2,1-5H3,(H,46,53)(H,42,43,44)/t30-,40+/m1/s1. The van der Waals surface area contributed by atoms with Crippen LogP contribution < -0.4 is 26.6 Å². The summed E-state index contributed by atoms with van der Waals surface area (Å²) in [4.78, 5) is 56.9. The highest BCUT2D eigenvalue weighted by Gasteiger charge is 2.46. The molecule has 1 aliphatic carbocycles. The number of β-amino-alcohol motifs (C(OH)–C–C–N with tert-alkyl or cyclic N) is 1. The number of aliphatic hydroxyl groups is 1. The topological polar surface area (TPSA) is 160 Å². The number of pyridine rings is 1. The number of aliphatic hydroxyl groups excluding tert-OH is 1. The molecule has 55 heavy (non-hydrogen) atoms. The normalized spacial score (nSPS) is 19.7. The summed E-state index contributed by atoms with van der Waals surface area (Å²) in [5.41, 5.74) is 6.11. The molecule has 286 valence electrons. The Morgan fingerprint density at radius 1 is 1.00 bits per heavy atom. The van der Waals surface area contributed by atoms with E-state index in [0.29, 0.717) is 35.6 Å². The largest absolute Gasteiger partial charge is 0.481 e. The minimum Gasteiger partial charge on any atom is -0.481 e. The van der Waals surface area contributed by atoms with Crippen molar-refractivity contribution in [1.82, 2.24) is 39.2 Å². The molecule has 2 saturated heterocycles. The second kappa shape index (κ2) is 14.1. The summed E-state index contributed by atoms with van der Waals surface area (Å²) in [6.45, 7) is 6.26. The molecular weight excluding hydrogens is 722 g/mol. The summed E-state index contributed by atoms with van der Waals surface area (Å²) < 4.78 is 8.38. The highest BCUT2D eigenvalue weighted by molar-refractivity contribution is 6.36. The summed E-state index contributed by atoms with van der Waals surface area (Å²) in [6.07, 6.45) is 3.51. The fourth-order valence-electron chi connectivity index (χ4n) is 8.66. The summed E-state index contributed by atoms with van der Waals surface area (Å²) >= 11 is 7.28. The molecule has 2 aliphatic heterocycles. The number of nitrogens with zero attached hydrogens (tertiary/aromatic N) is 7. The number of likely N-dealkylation sites (tertiary alicyclic amines) is 1. The Labute approximate surface area is 322 Å². The first-order valence-corrected chi connectivity index (χ1v) is 18.9. The first-order valence-electron chi connectivity index (χ1n) is 18.5. The third-order valence-electron chi connectivity index (χ3n) is 11.6. The van der Waals surface area contributed by atoms with Gasteiger partial charge in [0, 0.05) is 68.7 Å². The quantitative estimate of drug-likeness (QED) is 0.204. The van der Waals surface area contributed by atoms with Gasteiger partial charge in [0.1, 0.15) is 17.0 Å². The van der Waals surface area contributed by atoms with Crippen molar-refractivity contribution in [3.8, 4) is 28.3 Å². The monoisotopic (exact) mass is 765 g/mol. The van der Waals surface area contributed by atoms with E-state index in [2.05, 4.69) is 31.6 Å². The summed E-state index contributed by atoms with van der Waals surface area (Å²) in [6, 6.07) is 13.9. The Balaban J connectivity index is 1.10. The van der Waals surface area contributed by atoms with Crippen LogP contribution in [0.5, 0.6) is 5.88 Å². The highest BCUT2D eigenvalue weighted by atomic mass is 35.5. The van der Waals surface area contributed by atoms with Crippen LogP contribution in [0.4, 0.5) is 16.3 Å². The van der Waals surface area contributed by atoms with Crippen LogP contribution in [0.2, 0.25) is 5.02 Å². The lowest BCUT2D eigenvalue weighted by molar-refractivity contribution is 0.127. The van der Waals surface area contributed by atoms with Gasteiger partial charge in [-0.1, -0.05) is 41.9 Å². The van der Waals surface area contributed by atoms with E-state index in [-0.39, 0.29) is 35.3 Å². The number of rotatable bonds is 8. The number of methoxy groups -OCH3 is 1. The fraction of sp³-hybridized carbons (Fsp3) is 0.400. The Kier molecular flexibility index (Phi) is 9.38. The van der Waals surface area contributed by atoms with Crippen molar-refractivity contribution in [3.05, 3.63) is 90.8 Å². The van der Waals surface area contributed by atoms with Gasteiger partial charge in [-0.05, 0) is 68.4 Å². The Bertz CT molecular complexity index is 2500. The van der Waals surface area contributed by atoms with E-state index in [1.165, 1.54) is 17.2 Å². The number of amides is 2. The van der Waals surface area contributed by atoms with Crippen LogP contribution in [0.15, 0.2) is 52.1 Å². The van der Waals surface area contributed by atoms with Crippen molar-refractivity contribution in [1.29, 1.82) is 0 Å². The van der Waals surface area contributed by atoms with Crippen molar-refractivity contribution in [3.63, 3.8) is 0 Å². The number of hydrogen-bond donors (Lipinski definition) is 3. The fourth-order valence-corrected chi connectivity index (χ4v) is 8.98. The van der Waals surface area contributed by atoms with Crippen molar-refractivity contribution in [2.75, 3.05) is 45.2 Å². The lowest BCUT2D eigenvalue weighted by Crippen LogP contribution is -2.61. The molecule has 3 aliphatic rings. The average Bonchev–Trinajstić information content (AvgIpc) is 3.79. The first kappa shape index (κ1) is 36.7. The molecule has 0 saturated carbocycles. The number of fused-ring (bicyclic) bond motifs is 2. The Morgan fingerprint density at radius 3 is 2.51 bits per heavy atom. The van der Waals surface area contributed by atoms with Crippen LogP contribution in [0, 0.1) is 13.8 Å². The number of hydrogen-bond acceptors (Lipinski definition) is 10. The second-order valence-corrected chi connectivity index (χ2v) is 15.2. The molecular formula is C40H44ClN9O5.